The van der Waals surface area contributed by atoms with Crippen LogP contribution in [0, 0.1) is 34.5 Å². The number of ketones is 2. The largest absolute Gasteiger partial charge is 0.333 e. The summed E-state index contributed by atoms with van der Waals surface area (Å²) in [4.78, 5) is 33.5. The number of aromatic nitrogens is 2. The van der Waals surface area contributed by atoms with Crippen LogP contribution in [0.2, 0.25) is 0 Å². The van der Waals surface area contributed by atoms with Crippen molar-refractivity contribution < 1.29 is 9.59 Å². The number of Topliss-reactive ketones (excluding diaryl/α,β-unsaturated/α-hetero) is 1. The molecular formula is C28H32Cl2N2O2S. The minimum Gasteiger partial charge on any atom is -0.333 e. The van der Waals surface area contributed by atoms with Crippen LogP contribution in [0.25, 0.3) is 6.08 Å². The molecule has 0 saturated heterocycles. The fraction of sp³-hybridized carbons (Fsp3) is 0.607. The van der Waals surface area contributed by atoms with Crippen LogP contribution < -0.4 is 0 Å². The Balaban J connectivity index is 1.15. The molecular weight excluding hydrogens is 499 g/mol. The first-order valence-electron chi connectivity index (χ1n) is 12.9. The number of rotatable bonds is 4. The monoisotopic (exact) mass is 530 g/mol. The number of aromatic amines is 1. The van der Waals surface area contributed by atoms with Crippen molar-refractivity contribution in [3.63, 3.8) is 0 Å². The number of nitrogens with zero attached hydrogens (tertiary/aromatic N) is 1. The second kappa shape index (κ2) is 8.63. The van der Waals surface area contributed by atoms with Crippen molar-refractivity contribution in [2.24, 2.45) is 34.5 Å². The lowest BCUT2D eigenvalue weighted by Gasteiger charge is -2.57. The number of hydrogen-bond donors (Lipinski definition) is 1. The Morgan fingerprint density at radius 3 is 2.86 bits per heavy atom. The van der Waals surface area contributed by atoms with Gasteiger partial charge in [0.15, 0.2) is 10.9 Å². The van der Waals surface area contributed by atoms with E-state index in [1.807, 2.05) is 12.2 Å². The van der Waals surface area contributed by atoms with Crippen LogP contribution >= 0.6 is 35.0 Å². The molecule has 4 nitrogen and oxygen atoms in total. The number of hydrogen-bond acceptors (Lipinski definition) is 4. The third-order valence-corrected chi connectivity index (χ3v) is 11.8. The molecule has 3 saturated carbocycles. The van der Waals surface area contributed by atoms with Crippen molar-refractivity contribution in [1.29, 1.82) is 0 Å². The zero-order valence-electron chi connectivity index (χ0n) is 20.3. The van der Waals surface area contributed by atoms with Gasteiger partial charge in [0, 0.05) is 22.8 Å². The van der Waals surface area contributed by atoms with Crippen molar-refractivity contribution >= 4 is 52.6 Å². The van der Waals surface area contributed by atoms with E-state index < -0.39 is 0 Å². The molecule has 7 unspecified atom stereocenters. The number of allylic oxidation sites excluding steroid dienone is 5. The smallest absolute Gasteiger partial charge is 0.178 e. The van der Waals surface area contributed by atoms with Gasteiger partial charge in [-0.1, -0.05) is 48.9 Å². The lowest BCUT2D eigenvalue weighted by Crippen LogP contribution is -2.50. The Morgan fingerprint density at radius 2 is 2.03 bits per heavy atom. The zero-order valence-corrected chi connectivity index (χ0v) is 22.6. The van der Waals surface area contributed by atoms with Gasteiger partial charge >= 0.3 is 0 Å². The Morgan fingerprint density at radius 1 is 1.20 bits per heavy atom. The van der Waals surface area contributed by atoms with E-state index in [1.54, 1.807) is 6.08 Å². The van der Waals surface area contributed by atoms with E-state index in [9.17, 15) is 9.59 Å². The van der Waals surface area contributed by atoms with Crippen molar-refractivity contribution in [2.45, 2.75) is 69.3 Å². The molecule has 1 N–H and O–H groups in total. The number of carbonyl (C=O) groups is 2. The highest BCUT2D eigenvalue weighted by Gasteiger charge is 2.59. The van der Waals surface area contributed by atoms with Gasteiger partial charge in [-0.2, -0.15) is 0 Å². The highest BCUT2D eigenvalue weighted by atomic mass is 35.5. The number of nitrogens with one attached hydrogen (secondary N) is 1. The van der Waals surface area contributed by atoms with Gasteiger partial charge in [0.1, 0.15) is 5.78 Å². The van der Waals surface area contributed by atoms with Gasteiger partial charge in [0.05, 0.1) is 22.5 Å². The van der Waals surface area contributed by atoms with Gasteiger partial charge in [-0.3, -0.25) is 9.59 Å². The number of thioether (sulfide) groups is 1. The Bertz CT molecular complexity index is 1190. The highest BCUT2D eigenvalue weighted by molar-refractivity contribution is 7.99. The summed E-state index contributed by atoms with van der Waals surface area (Å²) in [7, 11) is 0. The molecule has 7 heteroatoms. The van der Waals surface area contributed by atoms with Crippen molar-refractivity contribution in [2.75, 3.05) is 5.75 Å². The molecule has 1 aromatic heterocycles. The number of halogens is 2. The van der Waals surface area contributed by atoms with Crippen molar-refractivity contribution in [3.8, 4) is 0 Å². The number of H-pyrrole nitrogens is 1. The fourth-order valence-electron chi connectivity index (χ4n) is 8.20. The van der Waals surface area contributed by atoms with E-state index in [2.05, 4.69) is 29.9 Å². The van der Waals surface area contributed by atoms with E-state index in [0.29, 0.717) is 40.7 Å². The Hall–Kier alpha value is -1.30. The molecule has 186 valence electrons. The maximum Gasteiger partial charge on any atom is 0.178 e. The van der Waals surface area contributed by atoms with Crippen LogP contribution in [-0.2, 0) is 16.0 Å². The van der Waals surface area contributed by atoms with Gasteiger partial charge in [-0.15, -0.1) is 11.6 Å². The Labute approximate surface area is 221 Å². The van der Waals surface area contributed by atoms with E-state index in [1.165, 1.54) is 17.3 Å². The second-order valence-electron chi connectivity index (χ2n) is 11.6. The molecule has 6 rings (SSSR count). The third-order valence-electron chi connectivity index (χ3n) is 10.0. The molecule has 0 aliphatic heterocycles. The minimum absolute atomic E-state index is 0.00782. The standard InChI is InChI=1S/C28H32Cl2N2O2S/c1-27-9-7-16(33)11-15(27)3-4-17-18-5-6-20(28(18,2)10-8-19(17)27)25(34)14-35-26-31-23-12-21(29)22(30)13-24(23)32-26/h7,9,11-12,17-20,22H,3-6,8,10,13-14H2,1-2H3,(H,31,32). The lowest BCUT2D eigenvalue weighted by atomic mass is 9.47. The number of alkyl halides is 1. The molecule has 0 spiro atoms. The Kier molecular flexibility index (Phi) is 5.93. The van der Waals surface area contributed by atoms with Crippen LogP contribution in [-0.4, -0.2) is 32.7 Å². The third kappa shape index (κ3) is 3.83. The zero-order chi connectivity index (χ0) is 24.5. The van der Waals surface area contributed by atoms with E-state index >= 15 is 0 Å². The van der Waals surface area contributed by atoms with Gasteiger partial charge in [-0.05, 0) is 79.9 Å². The second-order valence-corrected chi connectivity index (χ2v) is 13.6. The predicted molar refractivity (Wildman–Crippen MR) is 142 cm³/mol. The van der Waals surface area contributed by atoms with Crippen molar-refractivity contribution in [3.05, 3.63) is 40.2 Å². The molecule has 0 radical (unpaired) electrons. The summed E-state index contributed by atoms with van der Waals surface area (Å²) in [5.41, 5.74) is 3.25. The maximum atomic E-state index is 13.5. The first-order valence-corrected chi connectivity index (χ1v) is 14.7. The first kappa shape index (κ1) is 24.1. The average molecular weight is 532 g/mol. The number of fused-ring (bicyclic) bond motifs is 6. The molecule has 5 aliphatic rings. The SMILES string of the molecule is CC12C=CC(=O)C=C1CCC1C2CCC2(C)C(C(=O)CSc3nc4c([nH]3)C=C(Cl)C(Cl)C4)CCC12. The summed E-state index contributed by atoms with van der Waals surface area (Å²) in [6, 6.07) is 0. The molecule has 3 fully saturated rings. The predicted octanol–water partition coefficient (Wildman–Crippen LogP) is 6.74. The van der Waals surface area contributed by atoms with Crippen molar-refractivity contribution in [1.82, 2.24) is 9.97 Å². The van der Waals surface area contributed by atoms with Crippen LogP contribution in [0.15, 0.2) is 34.0 Å². The van der Waals surface area contributed by atoms with Gasteiger partial charge in [-0.25, -0.2) is 4.98 Å². The minimum atomic E-state index is -0.226. The first-order chi connectivity index (χ1) is 16.7. The van der Waals surface area contributed by atoms with Crippen LogP contribution in [0.1, 0.15) is 63.8 Å². The van der Waals surface area contributed by atoms with Gasteiger partial charge < -0.3 is 4.98 Å². The van der Waals surface area contributed by atoms with E-state index in [4.69, 9.17) is 23.2 Å². The summed E-state index contributed by atoms with van der Waals surface area (Å²) >= 11 is 14.0. The van der Waals surface area contributed by atoms with E-state index in [0.717, 1.165) is 55.1 Å². The molecule has 5 aliphatic carbocycles. The summed E-state index contributed by atoms with van der Waals surface area (Å²) in [5.74, 6) is 2.88. The molecule has 0 aromatic carbocycles. The number of imidazole rings is 1. The van der Waals surface area contributed by atoms with Crippen LogP contribution in [0.4, 0.5) is 0 Å². The molecule has 0 bridgehead atoms. The van der Waals surface area contributed by atoms with Gasteiger partial charge in [0.2, 0.25) is 0 Å². The highest BCUT2D eigenvalue weighted by Crippen LogP contribution is 2.66. The summed E-state index contributed by atoms with van der Waals surface area (Å²) in [6.07, 6.45) is 14.9. The molecule has 1 aromatic rings. The summed E-state index contributed by atoms with van der Waals surface area (Å²) < 4.78 is 0. The average Bonchev–Trinajstić information content (AvgIpc) is 3.38. The van der Waals surface area contributed by atoms with E-state index in [-0.39, 0.29) is 27.9 Å². The fourth-order valence-corrected chi connectivity index (χ4v) is 9.44. The maximum absolute atomic E-state index is 13.5. The topological polar surface area (TPSA) is 62.8 Å². The number of carbonyl (C=O) groups excluding carboxylic acids is 2. The molecule has 1 heterocycles. The molecule has 7 atom stereocenters. The lowest BCUT2D eigenvalue weighted by molar-refractivity contribution is -0.126. The van der Waals surface area contributed by atoms with Gasteiger partial charge in [0.25, 0.3) is 0 Å². The summed E-state index contributed by atoms with van der Waals surface area (Å²) in [6.45, 7) is 4.73. The van der Waals surface area contributed by atoms with Crippen LogP contribution in [0.3, 0.4) is 0 Å². The molecule has 35 heavy (non-hydrogen) atoms. The molecule has 0 amide bonds. The van der Waals surface area contributed by atoms with Crippen LogP contribution in [0.5, 0.6) is 0 Å². The summed E-state index contributed by atoms with van der Waals surface area (Å²) in [5, 5.41) is 1.18. The normalized spacial score (nSPS) is 39.8. The quantitative estimate of drug-likeness (QED) is 0.345.